The Morgan fingerprint density at radius 1 is 1.55 bits per heavy atom. The van der Waals surface area contributed by atoms with Crippen LogP contribution >= 0.6 is 0 Å². The molecule has 0 fully saturated rings. The van der Waals surface area contributed by atoms with Gasteiger partial charge >= 0.3 is 17.1 Å². The normalized spacial score (nSPS) is 7.55. The molecule has 0 aliphatic carbocycles. The van der Waals surface area contributed by atoms with Crippen LogP contribution in [0.4, 0.5) is 0 Å². The zero-order chi connectivity index (χ0) is 7.40. The van der Waals surface area contributed by atoms with Crippen LogP contribution in [0.15, 0.2) is 18.2 Å². The van der Waals surface area contributed by atoms with E-state index in [4.69, 9.17) is 5.26 Å². The molecule has 2 nitrogen and oxygen atoms in total. The van der Waals surface area contributed by atoms with E-state index in [9.17, 15) is 4.79 Å². The summed E-state index contributed by atoms with van der Waals surface area (Å²) in [5.74, 6) is 0. The van der Waals surface area contributed by atoms with E-state index in [-0.39, 0.29) is 17.1 Å². The molecule has 0 bridgehead atoms. The fraction of sp³-hybridized carbons (Fsp3) is 0. The first-order valence-electron chi connectivity index (χ1n) is 2.73. The number of carbonyl (C=O) groups is 1. The third kappa shape index (κ3) is 2.55. The van der Waals surface area contributed by atoms with Crippen LogP contribution in [0.5, 0.6) is 0 Å². The van der Waals surface area contributed by atoms with E-state index in [0.717, 1.165) is 0 Å². The van der Waals surface area contributed by atoms with E-state index in [1.807, 2.05) is 6.07 Å². The molecule has 0 N–H and O–H groups in total. The minimum atomic E-state index is 0. The Morgan fingerprint density at radius 2 is 2.27 bits per heavy atom. The van der Waals surface area contributed by atoms with Crippen molar-refractivity contribution in [2.75, 3.05) is 0 Å². The van der Waals surface area contributed by atoms with Crippen molar-refractivity contribution in [3.8, 4) is 6.07 Å². The molecule has 1 aromatic carbocycles. The van der Waals surface area contributed by atoms with Gasteiger partial charge in [-0.3, -0.25) is 0 Å². The van der Waals surface area contributed by atoms with Crippen molar-refractivity contribution < 1.29 is 21.9 Å². The molecule has 0 unspecified atom stereocenters. The van der Waals surface area contributed by atoms with E-state index < -0.39 is 0 Å². The zero-order valence-electron chi connectivity index (χ0n) is 5.47. The second kappa shape index (κ2) is 4.67. The number of hydrogen-bond acceptors (Lipinski definition) is 2. The van der Waals surface area contributed by atoms with Crippen molar-refractivity contribution in [2.24, 2.45) is 0 Å². The molecule has 0 amide bonds. The van der Waals surface area contributed by atoms with Crippen molar-refractivity contribution in [3.63, 3.8) is 0 Å². The van der Waals surface area contributed by atoms with Crippen LogP contribution in [0.3, 0.4) is 0 Å². The molecule has 0 saturated heterocycles. The smallest absolute Gasteiger partial charge is 0.312 e. The number of rotatable bonds is 1. The van der Waals surface area contributed by atoms with Gasteiger partial charge in [0, 0.05) is 6.07 Å². The monoisotopic (exact) mass is 193 g/mol. The van der Waals surface area contributed by atoms with Crippen LogP contribution in [0.1, 0.15) is 15.9 Å². The molecule has 11 heavy (non-hydrogen) atoms. The van der Waals surface area contributed by atoms with Crippen LogP contribution in [-0.2, 0) is 17.1 Å². The number of aldehydes is 1. The van der Waals surface area contributed by atoms with Gasteiger partial charge in [0.1, 0.15) is 0 Å². The first kappa shape index (κ1) is 9.90. The molecule has 0 aromatic heterocycles. The Balaban J connectivity index is 0.000001000. The topological polar surface area (TPSA) is 40.9 Å². The van der Waals surface area contributed by atoms with Gasteiger partial charge in [0.15, 0.2) is 0 Å². The quantitative estimate of drug-likeness (QED) is 0.382. The van der Waals surface area contributed by atoms with Crippen LogP contribution in [0.2, 0.25) is 0 Å². The Kier molecular flexibility index (Phi) is 4.21. The Labute approximate surface area is 75.3 Å². The Morgan fingerprint density at radius 3 is 2.82 bits per heavy atom. The minimum absolute atomic E-state index is 0. The predicted molar refractivity (Wildman–Crippen MR) is 35.4 cm³/mol. The van der Waals surface area contributed by atoms with E-state index in [0.29, 0.717) is 17.4 Å². The van der Waals surface area contributed by atoms with Gasteiger partial charge in [-0.1, -0.05) is 11.1 Å². The van der Waals surface area contributed by atoms with E-state index in [1.165, 1.54) is 18.2 Å². The first-order valence-corrected chi connectivity index (χ1v) is 2.73. The van der Waals surface area contributed by atoms with Crippen molar-refractivity contribution in [2.45, 2.75) is 0 Å². The summed E-state index contributed by atoms with van der Waals surface area (Å²) >= 11 is 0. The Hall–Kier alpha value is -1.10. The third-order valence-electron chi connectivity index (χ3n) is 1.08. The number of carbonyl (C=O) groups excluding carboxylic acids is 1. The molecule has 3 heteroatoms. The van der Waals surface area contributed by atoms with E-state index in [2.05, 4.69) is 6.07 Å². The van der Waals surface area contributed by atoms with Crippen LogP contribution in [0.25, 0.3) is 0 Å². The summed E-state index contributed by atoms with van der Waals surface area (Å²) in [5.41, 5.74) is 0.948. The van der Waals surface area contributed by atoms with Gasteiger partial charge in [-0.2, -0.15) is 18.2 Å². The van der Waals surface area contributed by atoms with Gasteiger partial charge in [-0.05, 0) is 0 Å². The van der Waals surface area contributed by atoms with Crippen LogP contribution in [0, 0.1) is 17.4 Å². The van der Waals surface area contributed by atoms with Gasteiger partial charge in [0.05, 0.1) is 6.29 Å². The minimum Gasteiger partial charge on any atom is -0.312 e. The average Bonchev–Trinajstić information content (AvgIpc) is 2.05. The number of benzene rings is 1. The van der Waals surface area contributed by atoms with Gasteiger partial charge in [-0.25, -0.2) is 5.26 Å². The van der Waals surface area contributed by atoms with Gasteiger partial charge < -0.3 is 4.79 Å². The van der Waals surface area contributed by atoms with Gasteiger partial charge in [0.25, 0.3) is 0 Å². The summed E-state index contributed by atoms with van der Waals surface area (Å²) in [6.07, 6.45) is 0.692. The first-order chi connectivity index (χ1) is 4.86. The Bertz CT molecular complexity index is 290. The van der Waals surface area contributed by atoms with Gasteiger partial charge in [0.2, 0.25) is 0 Å². The molecule has 58 valence electrons. The molecule has 0 aliphatic heterocycles. The number of nitriles is 1. The summed E-state index contributed by atoms with van der Waals surface area (Å²) < 4.78 is 0. The maximum Gasteiger partial charge on any atom is 1.00 e. The summed E-state index contributed by atoms with van der Waals surface area (Å²) in [6, 6.07) is 9.18. The molecular formula is C8H4CuNO. The molecule has 0 saturated carbocycles. The zero-order valence-corrected chi connectivity index (χ0v) is 6.41. The van der Waals surface area contributed by atoms with Crippen molar-refractivity contribution >= 4 is 6.29 Å². The summed E-state index contributed by atoms with van der Waals surface area (Å²) in [7, 11) is 0. The number of nitrogens with zero attached hydrogens (tertiary/aromatic N) is 1. The van der Waals surface area contributed by atoms with Crippen LogP contribution < -0.4 is 0 Å². The maximum absolute atomic E-state index is 10.1. The SMILES string of the molecule is N#Cc1c[c-]cc(C=O)c1.[Cu+]. The van der Waals surface area contributed by atoms with Crippen molar-refractivity contribution in [3.05, 3.63) is 35.4 Å². The second-order valence-electron chi connectivity index (χ2n) is 1.78. The number of hydrogen-bond donors (Lipinski definition) is 0. The van der Waals surface area contributed by atoms with E-state index >= 15 is 0 Å². The third-order valence-corrected chi connectivity index (χ3v) is 1.08. The summed E-state index contributed by atoms with van der Waals surface area (Å²) in [4.78, 5) is 10.1. The maximum atomic E-state index is 10.1. The second-order valence-corrected chi connectivity index (χ2v) is 1.78. The molecule has 0 aliphatic rings. The predicted octanol–water partition coefficient (Wildman–Crippen LogP) is 1.17. The van der Waals surface area contributed by atoms with Crippen molar-refractivity contribution in [1.29, 1.82) is 5.26 Å². The molecule has 0 atom stereocenters. The summed E-state index contributed by atoms with van der Waals surface area (Å²) in [6.45, 7) is 0. The summed E-state index contributed by atoms with van der Waals surface area (Å²) in [5, 5.41) is 8.37. The standard InChI is InChI=1S/C8H4NO.Cu/c9-5-7-2-1-3-8(4-7)6-10;/h2-4,6H;/q-1;+1. The fourth-order valence-corrected chi connectivity index (χ4v) is 0.623. The van der Waals surface area contributed by atoms with Gasteiger partial charge in [-0.15, -0.1) is 6.07 Å². The van der Waals surface area contributed by atoms with Crippen LogP contribution in [-0.4, -0.2) is 6.29 Å². The average molecular weight is 194 g/mol. The largest absolute Gasteiger partial charge is 1.00 e. The molecule has 1 aromatic rings. The molecular weight excluding hydrogens is 190 g/mol. The molecule has 1 rings (SSSR count). The molecule has 0 spiro atoms. The molecule has 0 radical (unpaired) electrons. The fourth-order valence-electron chi connectivity index (χ4n) is 0.623. The van der Waals surface area contributed by atoms with E-state index in [1.54, 1.807) is 0 Å². The van der Waals surface area contributed by atoms with Crippen molar-refractivity contribution in [1.82, 2.24) is 0 Å². The molecule has 0 heterocycles.